The molecule has 1 fully saturated rings. The number of rotatable bonds is 8. The Morgan fingerprint density at radius 1 is 1.06 bits per heavy atom. The van der Waals surface area contributed by atoms with Crippen LogP contribution in [0.5, 0.6) is 11.5 Å². The maximum Gasteiger partial charge on any atom is 0.335 e. The Kier molecular flexibility index (Phi) is 7.35. The molecule has 0 atom stereocenters. The van der Waals surface area contributed by atoms with Gasteiger partial charge in [0.15, 0.2) is 11.5 Å². The van der Waals surface area contributed by atoms with Crippen LogP contribution in [0.15, 0.2) is 72.4 Å². The molecule has 1 aliphatic rings. The van der Waals surface area contributed by atoms with Crippen LogP contribution in [0.4, 0.5) is 4.79 Å². The monoisotopic (exact) mass is 584 g/mol. The highest BCUT2D eigenvalue weighted by Crippen LogP contribution is 2.35. The molecule has 35 heavy (non-hydrogen) atoms. The third-order valence-corrected chi connectivity index (χ3v) is 6.07. The van der Waals surface area contributed by atoms with Crippen LogP contribution in [-0.2, 0) is 17.9 Å². The summed E-state index contributed by atoms with van der Waals surface area (Å²) in [6.45, 7) is 0.330. The second-order valence-corrected chi connectivity index (χ2v) is 8.86. The molecule has 1 saturated heterocycles. The molecule has 0 radical (unpaired) electrons. The number of nitrogens with one attached hydrogen (secondary N) is 1. The van der Waals surface area contributed by atoms with Crippen molar-refractivity contribution in [2.75, 3.05) is 7.11 Å². The van der Waals surface area contributed by atoms with E-state index in [-0.39, 0.29) is 24.4 Å². The summed E-state index contributed by atoms with van der Waals surface area (Å²) in [5, 5.41) is 11.8. The van der Waals surface area contributed by atoms with E-state index in [1.807, 2.05) is 30.3 Å². The van der Waals surface area contributed by atoms with E-state index in [2.05, 4.69) is 27.9 Å². The molecule has 3 aromatic carbocycles. The van der Waals surface area contributed by atoms with Crippen molar-refractivity contribution in [1.29, 1.82) is 0 Å². The SMILES string of the molecule is COc1cc(/C=C2/NC(=O)N(Cc3ccccc3)C2=O)cc(I)c1OCc1cccc(C(=O)O)c1. The summed E-state index contributed by atoms with van der Waals surface area (Å²) in [6.07, 6.45) is 1.59. The van der Waals surface area contributed by atoms with Crippen molar-refractivity contribution < 1.29 is 29.0 Å². The van der Waals surface area contributed by atoms with Gasteiger partial charge in [-0.15, -0.1) is 0 Å². The van der Waals surface area contributed by atoms with Gasteiger partial charge >= 0.3 is 12.0 Å². The quantitative estimate of drug-likeness (QED) is 0.227. The van der Waals surface area contributed by atoms with Crippen LogP contribution in [0.3, 0.4) is 0 Å². The Morgan fingerprint density at radius 2 is 1.80 bits per heavy atom. The summed E-state index contributed by atoms with van der Waals surface area (Å²) < 4.78 is 12.2. The number of hydrogen-bond donors (Lipinski definition) is 2. The molecule has 2 N–H and O–H groups in total. The molecule has 0 spiro atoms. The average Bonchev–Trinajstić information content (AvgIpc) is 3.11. The van der Waals surface area contributed by atoms with E-state index in [4.69, 9.17) is 9.47 Å². The summed E-state index contributed by atoms with van der Waals surface area (Å²) >= 11 is 2.10. The topological polar surface area (TPSA) is 105 Å². The fourth-order valence-corrected chi connectivity index (χ4v) is 4.34. The van der Waals surface area contributed by atoms with E-state index in [0.717, 1.165) is 14.0 Å². The third-order valence-electron chi connectivity index (χ3n) is 5.27. The van der Waals surface area contributed by atoms with Gasteiger partial charge in [-0.2, -0.15) is 0 Å². The molecule has 8 nitrogen and oxygen atoms in total. The number of carbonyl (C=O) groups excluding carboxylic acids is 2. The number of nitrogens with zero attached hydrogens (tertiary/aromatic N) is 1. The average molecular weight is 584 g/mol. The van der Waals surface area contributed by atoms with E-state index in [0.29, 0.717) is 22.6 Å². The second-order valence-electron chi connectivity index (χ2n) is 7.69. The van der Waals surface area contributed by atoms with Crippen molar-refractivity contribution in [2.24, 2.45) is 0 Å². The predicted octanol–water partition coefficient (Wildman–Crippen LogP) is 4.67. The Labute approximate surface area is 215 Å². The number of methoxy groups -OCH3 is 1. The van der Waals surface area contributed by atoms with Gasteiger partial charge in [-0.3, -0.25) is 9.69 Å². The molecule has 0 saturated carbocycles. The number of carboxylic acids is 1. The number of benzene rings is 3. The molecule has 0 aromatic heterocycles. The van der Waals surface area contributed by atoms with Crippen molar-refractivity contribution >= 4 is 46.6 Å². The number of ether oxygens (including phenoxy) is 2. The fourth-order valence-electron chi connectivity index (χ4n) is 3.56. The Bertz CT molecular complexity index is 1320. The van der Waals surface area contributed by atoms with Crippen LogP contribution in [0.25, 0.3) is 6.08 Å². The first kappa shape index (κ1) is 24.3. The molecule has 1 aliphatic heterocycles. The first-order valence-electron chi connectivity index (χ1n) is 10.6. The van der Waals surface area contributed by atoms with Crippen molar-refractivity contribution in [3.8, 4) is 11.5 Å². The van der Waals surface area contributed by atoms with Gasteiger partial charge in [-0.25, -0.2) is 9.59 Å². The van der Waals surface area contributed by atoms with Crippen LogP contribution in [0.2, 0.25) is 0 Å². The smallest absolute Gasteiger partial charge is 0.335 e. The van der Waals surface area contributed by atoms with Gasteiger partial charge in [0.05, 0.1) is 22.8 Å². The van der Waals surface area contributed by atoms with Crippen molar-refractivity contribution in [3.05, 3.63) is 98.3 Å². The zero-order valence-corrected chi connectivity index (χ0v) is 20.8. The number of imide groups is 1. The van der Waals surface area contributed by atoms with Gasteiger partial charge in [-0.1, -0.05) is 42.5 Å². The molecule has 0 bridgehead atoms. The maximum atomic E-state index is 12.8. The van der Waals surface area contributed by atoms with E-state index in [1.165, 1.54) is 13.2 Å². The van der Waals surface area contributed by atoms with Gasteiger partial charge in [0.25, 0.3) is 5.91 Å². The third kappa shape index (κ3) is 5.62. The molecule has 0 aliphatic carbocycles. The highest BCUT2D eigenvalue weighted by atomic mass is 127. The number of carbonyl (C=O) groups is 3. The predicted molar refractivity (Wildman–Crippen MR) is 137 cm³/mol. The lowest BCUT2D eigenvalue weighted by Crippen LogP contribution is -2.30. The van der Waals surface area contributed by atoms with Crippen LogP contribution in [0.1, 0.15) is 27.0 Å². The lowest BCUT2D eigenvalue weighted by atomic mass is 10.1. The number of halogens is 1. The normalized spacial score (nSPS) is 14.2. The van der Waals surface area contributed by atoms with E-state index in [9.17, 15) is 19.5 Å². The van der Waals surface area contributed by atoms with E-state index >= 15 is 0 Å². The number of amides is 3. The second kappa shape index (κ2) is 10.6. The highest BCUT2D eigenvalue weighted by molar-refractivity contribution is 14.1. The summed E-state index contributed by atoms with van der Waals surface area (Å²) in [6, 6.07) is 18.8. The first-order valence-corrected chi connectivity index (χ1v) is 11.6. The molecular formula is C26H21IN2O6. The molecule has 4 rings (SSSR count). The zero-order valence-electron chi connectivity index (χ0n) is 18.7. The zero-order chi connectivity index (χ0) is 24.9. The van der Waals surface area contributed by atoms with Gasteiger partial charge in [0.2, 0.25) is 0 Å². The standard InChI is InChI=1S/C26H21IN2O6/c1-34-22-13-18(11-20(27)23(22)35-15-17-8-5-9-19(10-17)25(31)32)12-21-24(30)29(26(33)28-21)14-16-6-3-2-4-7-16/h2-13H,14-15H2,1H3,(H,28,33)(H,31,32)/b21-12+. The van der Waals surface area contributed by atoms with Gasteiger partial charge in [-0.05, 0) is 69.6 Å². The fraction of sp³-hybridized carbons (Fsp3) is 0.115. The van der Waals surface area contributed by atoms with Gasteiger partial charge in [0, 0.05) is 0 Å². The summed E-state index contributed by atoms with van der Waals surface area (Å²) in [4.78, 5) is 37.6. The van der Waals surface area contributed by atoms with E-state index in [1.54, 1.807) is 36.4 Å². The van der Waals surface area contributed by atoms with Crippen LogP contribution >= 0.6 is 22.6 Å². The van der Waals surface area contributed by atoms with Crippen molar-refractivity contribution in [3.63, 3.8) is 0 Å². The molecule has 178 valence electrons. The molecule has 3 amide bonds. The molecule has 9 heteroatoms. The number of aromatic carboxylic acids is 1. The Balaban J connectivity index is 1.53. The maximum absolute atomic E-state index is 12.8. The lowest BCUT2D eigenvalue weighted by molar-refractivity contribution is -0.123. The minimum absolute atomic E-state index is 0.150. The summed E-state index contributed by atoms with van der Waals surface area (Å²) in [7, 11) is 1.50. The number of urea groups is 1. The largest absolute Gasteiger partial charge is 0.493 e. The highest BCUT2D eigenvalue weighted by Gasteiger charge is 2.33. The van der Waals surface area contributed by atoms with Crippen LogP contribution < -0.4 is 14.8 Å². The van der Waals surface area contributed by atoms with Crippen molar-refractivity contribution in [2.45, 2.75) is 13.2 Å². The van der Waals surface area contributed by atoms with Gasteiger partial charge in [0.1, 0.15) is 12.3 Å². The minimum atomic E-state index is -1.01. The Morgan fingerprint density at radius 3 is 2.51 bits per heavy atom. The number of carboxylic acid groups (broad SMARTS) is 1. The Hall–Kier alpha value is -3.86. The van der Waals surface area contributed by atoms with Gasteiger partial charge < -0.3 is 19.9 Å². The first-order chi connectivity index (χ1) is 16.9. The summed E-state index contributed by atoms with van der Waals surface area (Å²) in [5.41, 5.74) is 2.55. The molecule has 0 unspecified atom stereocenters. The summed E-state index contributed by atoms with van der Waals surface area (Å²) in [5.74, 6) is -0.488. The van der Waals surface area contributed by atoms with Crippen molar-refractivity contribution in [1.82, 2.24) is 10.2 Å². The minimum Gasteiger partial charge on any atom is -0.493 e. The van der Waals surface area contributed by atoms with Crippen LogP contribution in [0, 0.1) is 3.57 Å². The van der Waals surface area contributed by atoms with Crippen LogP contribution in [-0.4, -0.2) is 35.0 Å². The molecule has 1 heterocycles. The molecular weight excluding hydrogens is 563 g/mol. The number of hydrogen-bond acceptors (Lipinski definition) is 5. The molecule has 3 aromatic rings. The lowest BCUT2D eigenvalue weighted by Gasteiger charge is -2.14. The van der Waals surface area contributed by atoms with E-state index < -0.39 is 17.9 Å².